The number of aromatic nitrogens is 5. The van der Waals surface area contributed by atoms with E-state index in [1.54, 1.807) is 6.92 Å². The molecule has 0 saturated heterocycles. The van der Waals surface area contributed by atoms with Gasteiger partial charge in [0.05, 0.1) is 16.4 Å². The number of aliphatic hydroxyl groups is 1. The number of nitrogens with one attached hydrogen (secondary N) is 1. The van der Waals surface area contributed by atoms with Crippen LogP contribution in [0.15, 0.2) is 23.1 Å². The van der Waals surface area contributed by atoms with E-state index in [4.69, 9.17) is 16.3 Å². The summed E-state index contributed by atoms with van der Waals surface area (Å²) in [5, 5.41) is 15.7. The molecular weight excluding hydrogens is 500 g/mol. The van der Waals surface area contributed by atoms with Gasteiger partial charge in [0.2, 0.25) is 5.88 Å². The first-order valence-corrected chi connectivity index (χ1v) is 10.4. The molecule has 1 amide bonds. The zero-order valence-corrected chi connectivity index (χ0v) is 19.3. The van der Waals surface area contributed by atoms with Crippen LogP contribution in [-0.2, 0) is 13.2 Å². The predicted molar refractivity (Wildman–Crippen MR) is 115 cm³/mol. The van der Waals surface area contributed by atoms with E-state index in [-0.39, 0.29) is 23.1 Å². The maximum Gasteiger partial charge on any atom is 0.425 e. The van der Waals surface area contributed by atoms with Crippen molar-refractivity contribution in [2.45, 2.75) is 46.2 Å². The Balaban J connectivity index is 2.14. The number of carbonyl (C=O) groups is 1. The molecule has 10 nitrogen and oxygen atoms in total. The van der Waals surface area contributed by atoms with E-state index < -0.39 is 53.6 Å². The molecule has 0 spiro atoms. The van der Waals surface area contributed by atoms with Crippen molar-refractivity contribution in [3.63, 3.8) is 0 Å². The minimum Gasteiger partial charge on any atom is -0.464 e. The van der Waals surface area contributed by atoms with Crippen molar-refractivity contribution in [3.05, 3.63) is 56.7 Å². The van der Waals surface area contributed by atoms with Gasteiger partial charge in [-0.25, -0.2) is 9.18 Å². The molecule has 0 bridgehead atoms. The summed E-state index contributed by atoms with van der Waals surface area (Å²) in [6.45, 7) is 3.17. The number of aliphatic hydroxyl groups excluding tert-OH is 1. The van der Waals surface area contributed by atoms with E-state index >= 15 is 4.39 Å². The molecule has 0 unspecified atom stereocenters. The molecule has 3 aromatic heterocycles. The van der Waals surface area contributed by atoms with Gasteiger partial charge < -0.3 is 15.2 Å². The Morgan fingerprint density at radius 3 is 2.60 bits per heavy atom. The maximum atomic E-state index is 15.0. The van der Waals surface area contributed by atoms with Crippen molar-refractivity contribution >= 4 is 23.2 Å². The van der Waals surface area contributed by atoms with Crippen LogP contribution in [0.3, 0.4) is 0 Å². The van der Waals surface area contributed by atoms with Crippen LogP contribution in [0.4, 0.5) is 23.2 Å². The summed E-state index contributed by atoms with van der Waals surface area (Å²) in [6.07, 6.45) is -5.97. The van der Waals surface area contributed by atoms with Gasteiger partial charge in [0.1, 0.15) is 12.2 Å². The van der Waals surface area contributed by atoms with Crippen LogP contribution in [-0.4, -0.2) is 47.6 Å². The maximum absolute atomic E-state index is 15.0. The average molecular weight is 519 g/mol. The lowest BCUT2D eigenvalue weighted by Gasteiger charge is -2.19. The number of aryl methyl sites for hydroxylation is 1. The zero-order chi connectivity index (χ0) is 26.1. The minimum absolute atomic E-state index is 0.0678. The standard InChI is InChI=1S/C20H19ClF4N6O4/c1-4-30-15(8-32)29-31(19(30)34)16-13(22)6-12(18(28-16)35-10(3)20(23,24)25)17(33)27-14-5-11(21)7-26-9(14)2/h5-7,10,32H,4,8H2,1-3H3,(H,27,33)/t10-/m0/s1. The first-order chi connectivity index (χ1) is 16.4. The number of anilines is 1. The molecular formula is C20H19ClF4N6O4. The van der Waals surface area contributed by atoms with Gasteiger partial charge in [0.15, 0.2) is 23.6 Å². The third-order valence-electron chi connectivity index (χ3n) is 4.82. The fourth-order valence-corrected chi connectivity index (χ4v) is 3.09. The van der Waals surface area contributed by atoms with E-state index in [2.05, 4.69) is 20.4 Å². The highest BCUT2D eigenvalue weighted by atomic mass is 35.5. The normalized spacial score (nSPS) is 12.5. The summed E-state index contributed by atoms with van der Waals surface area (Å²) in [5.41, 5.74) is -1.15. The Labute approximate surface area is 200 Å². The van der Waals surface area contributed by atoms with E-state index in [1.807, 2.05) is 0 Å². The lowest BCUT2D eigenvalue weighted by molar-refractivity contribution is -0.190. The van der Waals surface area contributed by atoms with Gasteiger partial charge in [-0.3, -0.25) is 14.3 Å². The van der Waals surface area contributed by atoms with Crippen molar-refractivity contribution in [1.29, 1.82) is 0 Å². The number of amides is 1. The number of rotatable bonds is 7. The molecule has 0 radical (unpaired) electrons. The van der Waals surface area contributed by atoms with Crippen molar-refractivity contribution < 1.29 is 32.2 Å². The van der Waals surface area contributed by atoms with Gasteiger partial charge in [-0.05, 0) is 32.9 Å². The number of hydrogen-bond acceptors (Lipinski definition) is 7. The Morgan fingerprint density at radius 2 is 2.03 bits per heavy atom. The molecule has 35 heavy (non-hydrogen) atoms. The first-order valence-electron chi connectivity index (χ1n) is 10.0. The van der Waals surface area contributed by atoms with E-state index in [1.165, 1.54) is 19.2 Å². The molecule has 2 N–H and O–H groups in total. The smallest absolute Gasteiger partial charge is 0.425 e. The monoisotopic (exact) mass is 518 g/mol. The highest BCUT2D eigenvalue weighted by Gasteiger charge is 2.39. The number of alkyl halides is 3. The number of ether oxygens (including phenoxy) is 1. The van der Waals surface area contributed by atoms with Crippen LogP contribution < -0.4 is 15.7 Å². The molecule has 0 aromatic carbocycles. The molecule has 0 fully saturated rings. The quantitative estimate of drug-likeness (QED) is 0.461. The molecule has 3 heterocycles. The number of carbonyl (C=O) groups excluding carboxylic acids is 1. The fraction of sp³-hybridized carbons (Fsp3) is 0.350. The van der Waals surface area contributed by atoms with E-state index in [0.717, 1.165) is 4.57 Å². The van der Waals surface area contributed by atoms with Crippen LogP contribution >= 0.6 is 11.6 Å². The molecule has 3 rings (SSSR count). The molecule has 0 aliphatic rings. The molecule has 3 aromatic rings. The Bertz CT molecular complexity index is 1320. The SMILES string of the molecule is CCn1c(CO)nn(-c2nc(O[C@@H](C)C(F)(F)F)c(C(=O)Nc3cc(Cl)cnc3C)cc2F)c1=O. The molecule has 15 heteroatoms. The highest BCUT2D eigenvalue weighted by molar-refractivity contribution is 6.30. The lowest BCUT2D eigenvalue weighted by atomic mass is 10.2. The van der Waals surface area contributed by atoms with Crippen molar-refractivity contribution in [2.75, 3.05) is 5.32 Å². The second-order valence-corrected chi connectivity index (χ2v) is 7.64. The van der Waals surface area contributed by atoms with Gasteiger partial charge >= 0.3 is 11.9 Å². The predicted octanol–water partition coefficient (Wildman–Crippen LogP) is 3.02. The van der Waals surface area contributed by atoms with Gasteiger partial charge in [-0.15, -0.1) is 5.10 Å². The number of nitrogens with zero attached hydrogens (tertiary/aromatic N) is 5. The van der Waals surface area contributed by atoms with Crippen LogP contribution in [0.2, 0.25) is 5.02 Å². The van der Waals surface area contributed by atoms with Gasteiger partial charge in [-0.1, -0.05) is 11.6 Å². The third-order valence-corrected chi connectivity index (χ3v) is 5.02. The minimum atomic E-state index is -4.85. The number of hydrogen-bond donors (Lipinski definition) is 2. The molecule has 0 aliphatic carbocycles. The van der Waals surface area contributed by atoms with E-state index in [0.29, 0.717) is 23.4 Å². The summed E-state index contributed by atoms with van der Waals surface area (Å²) in [4.78, 5) is 33.1. The highest BCUT2D eigenvalue weighted by Crippen LogP contribution is 2.29. The summed E-state index contributed by atoms with van der Waals surface area (Å²) in [7, 11) is 0. The molecule has 0 saturated carbocycles. The van der Waals surface area contributed by atoms with Gasteiger partial charge in [0.25, 0.3) is 5.91 Å². The Kier molecular flexibility index (Phi) is 7.45. The van der Waals surface area contributed by atoms with Crippen molar-refractivity contribution in [1.82, 2.24) is 24.3 Å². The first kappa shape index (κ1) is 26.1. The van der Waals surface area contributed by atoms with Crippen LogP contribution in [0, 0.1) is 12.7 Å². The zero-order valence-electron chi connectivity index (χ0n) is 18.5. The number of halogens is 5. The van der Waals surface area contributed by atoms with Crippen LogP contribution in [0.5, 0.6) is 5.88 Å². The van der Waals surface area contributed by atoms with Gasteiger partial charge in [-0.2, -0.15) is 22.8 Å². The van der Waals surface area contributed by atoms with Crippen molar-refractivity contribution in [2.24, 2.45) is 0 Å². The molecule has 0 aliphatic heterocycles. The summed E-state index contributed by atoms with van der Waals surface area (Å²) >= 11 is 5.87. The average Bonchev–Trinajstić information content (AvgIpc) is 3.11. The van der Waals surface area contributed by atoms with E-state index in [9.17, 15) is 27.9 Å². The second kappa shape index (κ2) is 10.00. The molecule has 188 valence electrons. The Hall–Kier alpha value is -3.52. The largest absolute Gasteiger partial charge is 0.464 e. The summed E-state index contributed by atoms with van der Waals surface area (Å²) in [6, 6.07) is 1.91. The lowest BCUT2D eigenvalue weighted by Crippen LogP contribution is -2.33. The van der Waals surface area contributed by atoms with Crippen LogP contribution in [0.1, 0.15) is 35.7 Å². The second-order valence-electron chi connectivity index (χ2n) is 7.20. The van der Waals surface area contributed by atoms with Crippen molar-refractivity contribution in [3.8, 4) is 11.7 Å². The number of pyridine rings is 2. The van der Waals surface area contributed by atoms with Crippen LogP contribution in [0.25, 0.3) is 5.82 Å². The molecule has 1 atom stereocenters. The summed E-state index contributed by atoms with van der Waals surface area (Å²) in [5.74, 6) is -4.17. The topological polar surface area (TPSA) is 124 Å². The summed E-state index contributed by atoms with van der Waals surface area (Å²) < 4.78 is 60.9. The Morgan fingerprint density at radius 1 is 1.34 bits per heavy atom. The fourth-order valence-electron chi connectivity index (χ4n) is 2.93. The third kappa shape index (κ3) is 5.43. The van der Waals surface area contributed by atoms with Gasteiger partial charge in [0, 0.05) is 12.7 Å².